The third kappa shape index (κ3) is 4.65. The summed E-state index contributed by atoms with van der Waals surface area (Å²) in [5.41, 5.74) is 6.20. The maximum Gasteiger partial charge on any atom is 0.321 e. The summed E-state index contributed by atoms with van der Waals surface area (Å²) < 4.78 is 0. The number of carbonyl (C=O) groups is 3. The van der Waals surface area contributed by atoms with Crippen LogP contribution in [-0.2, 0) is 15.1 Å². The van der Waals surface area contributed by atoms with Gasteiger partial charge in [0.1, 0.15) is 6.54 Å². The quantitative estimate of drug-likeness (QED) is 0.580. The van der Waals surface area contributed by atoms with Gasteiger partial charge in [0.05, 0.1) is 12.1 Å². The van der Waals surface area contributed by atoms with Crippen LogP contribution in [0, 0.1) is 5.92 Å². The number of nitrogens with one attached hydrogen (secondary N) is 1. The van der Waals surface area contributed by atoms with E-state index >= 15 is 0 Å². The Kier molecular flexibility index (Phi) is 7.17. The highest BCUT2D eigenvalue weighted by Crippen LogP contribution is 2.49. The number of rotatable bonds is 9. The molecular formula is C26H39N5O3. The minimum absolute atomic E-state index is 0.0340. The van der Waals surface area contributed by atoms with Crippen LogP contribution in [0.5, 0.6) is 0 Å². The molecule has 4 rings (SSSR count). The van der Waals surface area contributed by atoms with Gasteiger partial charge >= 0.3 is 6.03 Å². The lowest BCUT2D eigenvalue weighted by atomic mass is 9.68. The molecule has 186 valence electrons. The Morgan fingerprint density at radius 1 is 1.15 bits per heavy atom. The van der Waals surface area contributed by atoms with Crippen LogP contribution in [0.2, 0.25) is 0 Å². The van der Waals surface area contributed by atoms with E-state index in [4.69, 9.17) is 5.73 Å². The molecule has 1 aromatic carbocycles. The molecule has 1 aliphatic heterocycles. The largest absolute Gasteiger partial charge is 0.368 e. The molecule has 8 heteroatoms. The fourth-order valence-electron chi connectivity index (χ4n) is 6.12. The zero-order valence-corrected chi connectivity index (χ0v) is 20.6. The minimum Gasteiger partial charge on any atom is -0.368 e. The standard InChI is InChI=1S/C26H39N5O3/c1-3-29(2)26(21-10-5-4-6-11-21)14-12-25(13-15-26)19-30(18-23(33)28-16-22(27)32)24(34)31(25)17-20-8-7-9-20/h4-6,10-11,20H,3,7-9,12-19H2,1-2H3,(H2,27,32)(H,28,33). The third-order valence-corrected chi connectivity index (χ3v) is 8.54. The number of nitrogens with two attached hydrogens (primary N) is 1. The zero-order valence-electron chi connectivity index (χ0n) is 20.6. The molecule has 1 aromatic rings. The molecule has 0 bridgehead atoms. The maximum atomic E-state index is 13.5. The predicted molar refractivity (Wildman–Crippen MR) is 131 cm³/mol. The highest BCUT2D eigenvalue weighted by Gasteiger charge is 2.55. The summed E-state index contributed by atoms with van der Waals surface area (Å²) >= 11 is 0. The van der Waals surface area contributed by atoms with Gasteiger partial charge in [0.2, 0.25) is 11.8 Å². The highest BCUT2D eigenvalue weighted by atomic mass is 16.2. The second kappa shape index (κ2) is 9.94. The molecule has 0 radical (unpaired) electrons. The van der Waals surface area contributed by atoms with Crippen molar-refractivity contribution < 1.29 is 14.4 Å². The predicted octanol–water partition coefficient (Wildman–Crippen LogP) is 2.29. The topological polar surface area (TPSA) is 99.0 Å². The molecule has 0 atom stereocenters. The Morgan fingerprint density at radius 3 is 2.38 bits per heavy atom. The van der Waals surface area contributed by atoms with Crippen molar-refractivity contribution in [2.45, 2.75) is 62.9 Å². The summed E-state index contributed by atoms with van der Waals surface area (Å²) in [5.74, 6) is -0.370. The van der Waals surface area contributed by atoms with E-state index in [2.05, 4.69) is 59.4 Å². The number of hydrogen-bond acceptors (Lipinski definition) is 4. The van der Waals surface area contributed by atoms with E-state index in [-0.39, 0.29) is 36.1 Å². The SMILES string of the molecule is CCN(C)C1(c2ccccc2)CCC2(CC1)CN(CC(=O)NCC(N)=O)C(=O)N2CC1CCC1. The van der Waals surface area contributed by atoms with Crippen molar-refractivity contribution >= 4 is 17.8 Å². The third-order valence-electron chi connectivity index (χ3n) is 8.54. The second-order valence-electron chi connectivity index (χ2n) is 10.4. The molecule has 3 fully saturated rings. The lowest BCUT2D eigenvalue weighted by Gasteiger charge is -2.52. The number of amides is 4. The van der Waals surface area contributed by atoms with E-state index < -0.39 is 5.91 Å². The molecule has 3 N–H and O–H groups in total. The Morgan fingerprint density at radius 2 is 1.82 bits per heavy atom. The molecule has 1 saturated heterocycles. The van der Waals surface area contributed by atoms with Crippen LogP contribution in [0.4, 0.5) is 4.79 Å². The van der Waals surface area contributed by atoms with Gasteiger partial charge in [-0.1, -0.05) is 43.7 Å². The van der Waals surface area contributed by atoms with E-state index in [9.17, 15) is 14.4 Å². The Bertz CT molecular complexity index is 893. The molecule has 0 aromatic heterocycles. The number of hydrogen-bond donors (Lipinski definition) is 2. The van der Waals surface area contributed by atoms with Crippen LogP contribution in [0.15, 0.2) is 30.3 Å². The number of nitrogens with zero attached hydrogens (tertiary/aromatic N) is 3. The van der Waals surface area contributed by atoms with Gasteiger partial charge in [0, 0.05) is 18.6 Å². The zero-order chi connectivity index (χ0) is 24.3. The van der Waals surface area contributed by atoms with Crippen molar-refractivity contribution in [3.8, 4) is 0 Å². The van der Waals surface area contributed by atoms with Gasteiger partial charge in [-0.3, -0.25) is 14.5 Å². The number of urea groups is 1. The lowest BCUT2D eigenvalue weighted by molar-refractivity contribution is -0.125. The summed E-state index contributed by atoms with van der Waals surface area (Å²) in [6, 6.07) is 10.7. The summed E-state index contributed by atoms with van der Waals surface area (Å²) in [6.45, 7) is 4.25. The van der Waals surface area contributed by atoms with Crippen molar-refractivity contribution in [1.82, 2.24) is 20.0 Å². The van der Waals surface area contributed by atoms with Crippen molar-refractivity contribution in [3.05, 3.63) is 35.9 Å². The van der Waals surface area contributed by atoms with Gasteiger partial charge in [0.15, 0.2) is 0 Å². The fraction of sp³-hybridized carbons (Fsp3) is 0.654. The van der Waals surface area contributed by atoms with Crippen LogP contribution in [0.25, 0.3) is 0 Å². The van der Waals surface area contributed by atoms with Gasteiger partial charge in [-0.2, -0.15) is 0 Å². The van der Waals surface area contributed by atoms with Gasteiger partial charge < -0.3 is 20.9 Å². The van der Waals surface area contributed by atoms with Crippen LogP contribution in [-0.4, -0.2) is 77.9 Å². The number of benzene rings is 1. The first kappa shape index (κ1) is 24.5. The van der Waals surface area contributed by atoms with E-state index in [0.29, 0.717) is 12.5 Å². The Balaban J connectivity index is 1.54. The lowest BCUT2D eigenvalue weighted by Crippen LogP contribution is -2.57. The van der Waals surface area contributed by atoms with E-state index in [1.165, 1.54) is 24.8 Å². The second-order valence-corrected chi connectivity index (χ2v) is 10.4. The molecule has 34 heavy (non-hydrogen) atoms. The Labute approximate surface area is 202 Å². The van der Waals surface area contributed by atoms with Crippen LogP contribution in [0.1, 0.15) is 57.4 Å². The average molecular weight is 470 g/mol. The molecule has 4 amide bonds. The molecule has 8 nitrogen and oxygen atoms in total. The maximum absolute atomic E-state index is 13.5. The number of carbonyl (C=O) groups excluding carboxylic acids is 3. The summed E-state index contributed by atoms with van der Waals surface area (Å²) in [4.78, 5) is 43.2. The van der Waals surface area contributed by atoms with Crippen molar-refractivity contribution in [1.29, 1.82) is 0 Å². The average Bonchev–Trinajstić information content (AvgIpc) is 3.05. The molecule has 2 saturated carbocycles. The Hall–Kier alpha value is -2.61. The van der Waals surface area contributed by atoms with Gasteiger partial charge in [-0.05, 0) is 63.6 Å². The molecule has 1 heterocycles. The van der Waals surface area contributed by atoms with Crippen molar-refractivity contribution in [3.63, 3.8) is 0 Å². The van der Waals surface area contributed by atoms with Gasteiger partial charge in [0.25, 0.3) is 0 Å². The fourth-order valence-corrected chi connectivity index (χ4v) is 6.12. The van der Waals surface area contributed by atoms with Gasteiger partial charge in [-0.25, -0.2) is 4.79 Å². The monoisotopic (exact) mass is 469 g/mol. The van der Waals surface area contributed by atoms with Gasteiger partial charge in [-0.15, -0.1) is 0 Å². The summed E-state index contributed by atoms with van der Waals surface area (Å²) in [7, 11) is 2.20. The van der Waals surface area contributed by atoms with Crippen LogP contribution >= 0.6 is 0 Å². The minimum atomic E-state index is -0.589. The van der Waals surface area contributed by atoms with Crippen molar-refractivity contribution in [2.75, 3.05) is 39.8 Å². The first-order valence-electron chi connectivity index (χ1n) is 12.7. The van der Waals surface area contributed by atoms with Crippen LogP contribution < -0.4 is 11.1 Å². The molecule has 1 spiro atoms. The summed E-state index contributed by atoms with van der Waals surface area (Å²) in [5, 5.41) is 2.52. The molecule has 0 unspecified atom stereocenters. The molecular weight excluding hydrogens is 430 g/mol. The normalized spacial score (nSPS) is 27.3. The van der Waals surface area contributed by atoms with Crippen molar-refractivity contribution in [2.24, 2.45) is 11.7 Å². The van der Waals surface area contributed by atoms with Crippen LogP contribution in [0.3, 0.4) is 0 Å². The number of primary amides is 1. The summed E-state index contributed by atoms with van der Waals surface area (Å²) in [6.07, 6.45) is 7.33. The molecule has 2 aliphatic carbocycles. The highest BCUT2D eigenvalue weighted by molar-refractivity contribution is 5.88. The van der Waals surface area contributed by atoms with E-state index in [1.807, 2.05) is 0 Å². The first-order valence-corrected chi connectivity index (χ1v) is 12.7. The first-order chi connectivity index (χ1) is 16.3. The molecule has 3 aliphatic rings. The smallest absolute Gasteiger partial charge is 0.321 e. The van der Waals surface area contributed by atoms with E-state index in [0.717, 1.165) is 38.8 Å². The van der Waals surface area contributed by atoms with E-state index in [1.54, 1.807) is 4.90 Å².